The molecule has 1 aromatic rings. The molecule has 28 heavy (non-hydrogen) atoms. The van der Waals surface area contributed by atoms with Crippen LogP contribution in [0.2, 0.25) is 0 Å². The van der Waals surface area contributed by atoms with E-state index < -0.39 is 12.2 Å². The molecule has 3 atom stereocenters. The number of hydrogen-bond donors (Lipinski definition) is 1. The molecule has 1 saturated heterocycles. The topological polar surface area (TPSA) is 74.2 Å². The number of aliphatic hydroxyl groups excluding tert-OH is 1. The second kappa shape index (κ2) is 11.4. The van der Waals surface area contributed by atoms with Gasteiger partial charge in [-0.3, -0.25) is 4.79 Å². The summed E-state index contributed by atoms with van der Waals surface area (Å²) in [4.78, 5) is 11.9. The third kappa shape index (κ3) is 6.47. The molecule has 158 valence electrons. The van der Waals surface area contributed by atoms with Gasteiger partial charge >= 0.3 is 5.97 Å². The number of methoxy groups -OCH3 is 1. The summed E-state index contributed by atoms with van der Waals surface area (Å²) in [6.07, 6.45) is 0.980. The lowest BCUT2D eigenvalue weighted by Crippen LogP contribution is -2.30. The quantitative estimate of drug-likeness (QED) is 0.434. The Morgan fingerprint density at radius 1 is 1.29 bits per heavy atom. The van der Waals surface area contributed by atoms with Gasteiger partial charge in [-0.25, -0.2) is 0 Å². The first kappa shape index (κ1) is 22.7. The highest BCUT2D eigenvalue weighted by atomic mass is 16.6. The largest absolute Gasteiger partial charge is 0.493 e. The van der Waals surface area contributed by atoms with Crippen molar-refractivity contribution in [3.8, 4) is 5.75 Å². The highest BCUT2D eigenvalue weighted by Crippen LogP contribution is 2.29. The van der Waals surface area contributed by atoms with Crippen LogP contribution >= 0.6 is 0 Å². The van der Waals surface area contributed by atoms with Gasteiger partial charge < -0.3 is 24.1 Å². The molecule has 1 fully saturated rings. The number of rotatable bonds is 12. The average molecular weight is 395 g/mol. The van der Waals surface area contributed by atoms with Crippen LogP contribution in [0.5, 0.6) is 5.75 Å². The number of aryl methyl sites for hydroxylation is 1. The Bertz CT molecular complexity index is 615. The Morgan fingerprint density at radius 2 is 2.07 bits per heavy atom. The summed E-state index contributed by atoms with van der Waals surface area (Å²) in [6.45, 7) is 7.85. The van der Waals surface area contributed by atoms with E-state index in [0.29, 0.717) is 26.2 Å². The molecule has 0 spiro atoms. The first-order chi connectivity index (χ1) is 13.5. The maximum absolute atomic E-state index is 11.9. The molecule has 1 aliphatic rings. The Kier molecular flexibility index (Phi) is 9.22. The molecule has 6 heteroatoms. The minimum Gasteiger partial charge on any atom is -0.493 e. The number of benzene rings is 1. The van der Waals surface area contributed by atoms with Crippen LogP contribution in [0.1, 0.15) is 44.7 Å². The number of hydrogen-bond acceptors (Lipinski definition) is 6. The van der Waals surface area contributed by atoms with Gasteiger partial charge in [0, 0.05) is 26.6 Å². The summed E-state index contributed by atoms with van der Waals surface area (Å²) in [6, 6.07) is 6.05. The molecule has 0 aromatic heterocycles. The van der Waals surface area contributed by atoms with Gasteiger partial charge in [-0.05, 0) is 29.5 Å². The fourth-order valence-electron chi connectivity index (χ4n) is 3.32. The maximum atomic E-state index is 11.9. The van der Waals surface area contributed by atoms with Crippen molar-refractivity contribution in [2.24, 2.45) is 11.8 Å². The molecular formula is C22H34O6. The highest BCUT2D eigenvalue weighted by Gasteiger charge is 2.39. The molecule has 1 heterocycles. The predicted molar refractivity (Wildman–Crippen MR) is 106 cm³/mol. The van der Waals surface area contributed by atoms with Gasteiger partial charge in [-0.15, -0.1) is 0 Å². The van der Waals surface area contributed by atoms with E-state index in [1.807, 2.05) is 32.0 Å². The fourth-order valence-corrected chi connectivity index (χ4v) is 3.32. The standard InChI is InChI=1S/C22H34O6/c1-5-17-8-7-16(11-20(17)27-10-6-9-25-4)13-26-14-19(23)21-12-18(15(2)3)22(24)28-21/h7-8,11,15,18-19,21,23H,5-6,9-10,12-14H2,1-4H3/t18-,19+,21?/m0/s1. The van der Waals surface area contributed by atoms with Crippen molar-refractivity contribution in [1.29, 1.82) is 0 Å². The number of aliphatic hydroxyl groups is 1. The first-order valence-corrected chi connectivity index (χ1v) is 10.2. The number of cyclic esters (lactones) is 1. The van der Waals surface area contributed by atoms with Crippen molar-refractivity contribution >= 4 is 5.97 Å². The van der Waals surface area contributed by atoms with Crippen LogP contribution in [-0.2, 0) is 32.0 Å². The van der Waals surface area contributed by atoms with Crippen LogP contribution in [0.4, 0.5) is 0 Å². The molecule has 1 unspecified atom stereocenters. The Labute approximate surface area is 168 Å². The van der Waals surface area contributed by atoms with Gasteiger partial charge in [-0.1, -0.05) is 32.9 Å². The third-order valence-corrected chi connectivity index (χ3v) is 5.11. The van der Waals surface area contributed by atoms with Crippen molar-refractivity contribution < 1.29 is 28.8 Å². The monoisotopic (exact) mass is 394 g/mol. The maximum Gasteiger partial charge on any atom is 0.309 e. The fraction of sp³-hybridized carbons (Fsp3) is 0.682. The van der Waals surface area contributed by atoms with E-state index in [1.165, 1.54) is 0 Å². The molecular weight excluding hydrogens is 360 g/mol. The molecule has 0 radical (unpaired) electrons. The number of carbonyl (C=O) groups excluding carboxylic acids is 1. The summed E-state index contributed by atoms with van der Waals surface area (Å²) in [5.41, 5.74) is 2.13. The van der Waals surface area contributed by atoms with Gasteiger partial charge in [0.2, 0.25) is 0 Å². The van der Waals surface area contributed by atoms with E-state index in [1.54, 1.807) is 7.11 Å². The Balaban J connectivity index is 1.82. The lowest BCUT2D eigenvalue weighted by Gasteiger charge is -2.18. The van der Waals surface area contributed by atoms with Crippen LogP contribution in [0, 0.1) is 11.8 Å². The van der Waals surface area contributed by atoms with Crippen LogP contribution in [0.3, 0.4) is 0 Å². The van der Waals surface area contributed by atoms with E-state index in [9.17, 15) is 9.90 Å². The second-order valence-electron chi connectivity index (χ2n) is 7.63. The lowest BCUT2D eigenvalue weighted by atomic mass is 9.91. The third-order valence-electron chi connectivity index (χ3n) is 5.11. The minimum absolute atomic E-state index is 0.127. The Hall–Kier alpha value is -1.63. The van der Waals surface area contributed by atoms with Gasteiger partial charge in [0.1, 0.15) is 18.0 Å². The van der Waals surface area contributed by atoms with E-state index in [2.05, 4.69) is 6.92 Å². The van der Waals surface area contributed by atoms with Crippen molar-refractivity contribution in [1.82, 2.24) is 0 Å². The molecule has 1 aromatic carbocycles. The van der Waals surface area contributed by atoms with Gasteiger partial charge in [-0.2, -0.15) is 0 Å². The normalized spacial score (nSPS) is 20.4. The number of esters is 1. The molecule has 0 aliphatic carbocycles. The summed E-state index contributed by atoms with van der Waals surface area (Å²) in [7, 11) is 1.68. The van der Waals surface area contributed by atoms with E-state index in [0.717, 1.165) is 29.7 Å². The molecule has 1 aliphatic heterocycles. The molecule has 6 nitrogen and oxygen atoms in total. The lowest BCUT2D eigenvalue weighted by molar-refractivity contribution is -0.150. The van der Waals surface area contributed by atoms with E-state index >= 15 is 0 Å². The first-order valence-electron chi connectivity index (χ1n) is 10.2. The van der Waals surface area contributed by atoms with Crippen molar-refractivity contribution in [2.75, 3.05) is 26.9 Å². The van der Waals surface area contributed by atoms with Crippen LogP contribution < -0.4 is 4.74 Å². The van der Waals surface area contributed by atoms with E-state index in [-0.39, 0.29) is 24.4 Å². The zero-order chi connectivity index (χ0) is 20.5. The Morgan fingerprint density at radius 3 is 2.71 bits per heavy atom. The van der Waals surface area contributed by atoms with Crippen molar-refractivity contribution in [3.05, 3.63) is 29.3 Å². The molecule has 1 N–H and O–H groups in total. The van der Waals surface area contributed by atoms with Gasteiger partial charge in [0.05, 0.1) is 25.7 Å². The SMILES string of the molecule is CCc1ccc(COC[C@@H](O)C2C[C@@H](C(C)C)C(=O)O2)cc1OCCCOC. The zero-order valence-electron chi connectivity index (χ0n) is 17.5. The highest BCUT2D eigenvalue weighted by molar-refractivity contribution is 5.75. The van der Waals surface area contributed by atoms with Crippen LogP contribution in [0.15, 0.2) is 18.2 Å². The smallest absolute Gasteiger partial charge is 0.309 e. The average Bonchev–Trinajstić information content (AvgIpc) is 3.07. The molecule has 0 saturated carbocycles. The summed E-state index contributed by atoms with van der Waals surface area (Å²) in [5, 5.41) is 10.3. The second-order valence-corrected chi connectivity index (χ2v) is 7.63. The van der Waals surface area contributed by atoms with Crippen LogP contribution in [-0.4, -0.2) is 50.2 Å². The van der Waals surface area contributed by atoms with E-state index in [4.69, 9.17) is 18.9 Å². The molecule has 0 amide bonds. The minimum atomic E-state index is -0.813. The summed E-state index contributed by atoms with van der Waals surface area (Å²) in [5.74, 6) is 0.721. The molecule has 2 rings (SSSR count). The number of carbonyl (C=O) groups is 1. The molecule has 0 bridgehead atoms. The van der Waals surface area contributed by atoms with Crippen molar-refractivity contribution in [3.63, 3.8) is 0 Å². The predicted octanol–water partition coefficient (Wildman–Crippen LogP) is 3.13. The zero-order valence-corrected chi connectivity index (χ0v) is 17.5. The number of ether oxygens (including phenoxy) is 4. The van der Waals surface area contributed by atoms with Gasteiger partial charge in [0.15, 0.2) is 0 Å². The summed E-state index contributed by atoms with van der Waals surface area (Å²) >= 11 is 0. The van der Waals surface area contributed by atoms with Gasteiger partial charge in [0.25, 0.3) is 0 Å². The van der Waals surface area contributed by atoms with Crippen molar-refractivity contribution in [2.45, 2.75) is 58.8 Å². The van der Waals surface area contributed by atoms with Crippen LogP contribution in [0.25, 0.3) is 0 Å². The summed E-state index contributed by atoms with van der Waals surface area (Å²) < 4.78 is 21.9.